The number of thioether (sulfide) groups is 1. The van der Waals surface area contributed by atoms with Crippen LogP contribution in [0.4, 0.5) is 5.69 Å². The summed E-state index contributed by atoms with van der Waals surface area (Å²) >= 11 is 1.84. The number of anilines is 1. The zero-order valence-corrected chi connectivity index (χ0v) is 13.8. The van der Waals surface area contributed by atoms with Crippen molar-refractivity contribution in [3.8, 4) is 0 Å². The highest BCUT2D eigenvalue weighted by Gasteiger charge is 2.25. The maximum absolute atomic E-state index is 12.2. The highest BCUT2D eigenvalue weighted by Crippen LogP contribution is 2.29. The van der Waals surface area contributed by atoms with Crippen molar-refractivity contribution in [3.63, 3.8) is 0 Å². The Morgan fingerprint density at radius 3 is 2.20 bits per heavy atom. The van der Waals surface area contributed by atoms with Crippen LogP contribution >= 0.6 is 11.8 Å². The van der Waals surface area contributed by atoms with E-state index in [0.29, 0.717) is 5.56 Å². The largest absolute Gasteiger partial charge is 0.385 e. The summed E-state index contributed by atoms with van der Waals surface area (Å²) in [5.41, 5.74) is 1.76. The van der Waals surface area contributed by atoms with Gasteiger partial charge >= 0.3 is 0 Å². The molecule has 112 valence electrons. The quantitative estimate of drug-likeness (QED) is 0.767. The molecule has 0 saturated carbocycles. The Labute approximate surface area is 126 Å². The number of rotatable bonds is 8. The van der Waals surface area contributed by atoms with Gasteiger partial charge in [0.15, 0.2) is 0 Å². The van der Waals surface area contributed by atoms with Crippen LogP contribution in [0.2, 0.25) is 0 Å². The minimum atomic E-state index is 0.00775. The number of amides is 1. The number of carbonyl (C=O) groups excluding carboxylic acids is 1. The van der Waals surface area contributed by atoms with Gasteiger partial charge in [0, 0.05) is 29.1 Å². The first-order valence-corrected chi connectivity index (χ1v) is 8.50. The number of hydrogen-bond acceptors (Lipinski definition) is 3. The van der Waals surface area contributed by atoms with Crippen LogP contribution in [0, 0.1) is 0 Å². The van der Waals surface area contributed by atoms with Gasteiger partial charge in [-0.1, -0.05) is 13.8 Å². The van der Waals surface area contributed by atoms with Crippen molar-refractivity contribution < 1.29 is 4.79 Å². The minimum absolute atomic E-state index is 0.00775. The second-order valence-corrected chi connectivity index (χ2v) is 6.16. The predicted octanol–water partition coefficient (Wildman–Crippen LogP) is 3.77. The molecule has 0 bridgehead atoms. The maximum atomic E-state index is 12.2. The standard InChI is InChI=1S/C16H26N2OS/c1-5-16(6-2,20-4)12-18-15(19)13-8-10-14(11-9-13)17-7-3/h8-11,17H,5-7,12H2,1-4H3,(H,18,19). The van der Waals surface area contributed by atoms with Crippen LogP contribution in [-0.4, -0.2) is 30.0 Å². The number of carbonyl (C=O) groups is 1. The van der Waals surface area contributed by atoms with Gasteiger partial charge in [-0.2, -0.15) is 11.8 Å². The average molecular weight is 294 g/mol. The van der Waals surface area contributed by atoms with Gasteiger partial charge in [0.05, 0.1) is 0 Å². The van der Waals surface area contributed by atoms with Crippen molar-refractivity contribution in [2.24, 2.45) is 0 Å². The highest BCUT2D eigenvalue weighted by molar-refractivity contribution is 8.00. The predicted molar refractivity (Wildman–Crippen MR) is 89.8 cm³/mol. The van der Waals surface area contributed by atoms with Gasteiger partial charge < -0.3 is 10.6 Å². The molecule has 0 aliphatic carbocycles. The highest BCUT2D eigenvalue weighted by atomic mass is 32.2. The fourth-order valence-electron chi connectivity index (χ4n) is 2.15. The summed E-state index contributed by atoms with van der Waals surface area (Å²) in [5.74, 6) is 0.00775. The van der Waals surface area contributed by atoms with E-state index in [-0.39, 0.29) is 10.7 Å². The summed E-state index contributed by atoms with van der Waals surface area (Å²) in [4.78, 5) is 12.2. The normalized spacial score (nSPS) is 11.2. The molecule has 0 atom stereocenters. The molecule has 0 heterocycles. The SMILES string of the molecule is CCNc1ccc(C(=O)NCC(CC)(CC)SC)cc1. The van der Waals surface area contributed by atoms with Gasteiger partial charge in [0.1, 0.15) is 0 Å². The molecule has 0 saturated heterocycles. The lowest BCUT2D eigenvalue weighted by Crippen LogP contribution is -2.39. The number of hydrogen-bond donors (Lipinski definition) is 2. The molecule has 1 aromatic rings. The summed E-state index contributed by atoms with van der Waals surface area (Å²) in [7, 11) is 0. The second-order valence-electron chi connectivity index (χ2n) is 4.88. The van der Waals surface area contributed by atoms with E-state index in [9.17, 15) is 4.79 Å². The first kappa shape index (κ1) is 16.9. The zero-order valence-electron chi connectivity index (χ0n) is 13.0. The third-order valence-corrected chi connectivity index (χ3v) is 5.41. The third-order valence-electron chi connectivity index (χ3n) is 3.82. The Hall–Kier alpha value is -1.16. The number of nitrogens with one attached hydrogen (secondary N) is 2. The van der Waals surface area contributed by atoms with E-state index < -0.39 is 0 Å². The average Bonchev–Trinajstić information content (AvgIpc) is 2.50. The van der Waals surface area contributed by atoms with Crippen molar-refractivity contribution in [2.75, 3.05) is 24.7 Å². The Morgan fingerprint density at radius 2 is 1.75 bits per heavy atom. The molecule has 0 radical (unpaired) electrons. The van der Waals surface area contributed by atoms with Gasteiger partial charge in [-0.3, -0.25) is 4.79 Å². The number of benzene rings is 1. The fraction of sp³-hybridized carbons (Fsp3) is 0.562. The monoisotopic (exact) mass is 294 g/mol. The van der Waals surface area contributed by atoms with Crippen LogP contribution in [0.3, 0.4) is 0 Å². The van der Waals surface area contributed by atoms with Gasteiger partial charge in [0.2, 0.25) is 0 Å². The van der Waals surface area contributed by atoms with E-state index in [2.05, 4.69) is 37.7 Å². The van der Waals surface area contributed by atoms with Gasteiger partial charge in [-0.05, 0) is 50.3 Å². The lowest BCUT2D eigenvalue weighted by atomic mass is 10.0. The molecular formula is C16H26N2OS. The molecule has 0 aliphatic heterocycles. The minimum Gasteiger partial charge on any atom is -0.385 e. The third kappa shape index (κ3) is 4.44. The second kappa shape index (κ2) is 8.20. The fourth-order valence-corrected chi connectivity index (χ4v) is 2.94. The van der Waals surface area contributed by atoms with Crippen molar-refractivity contribution in [3.05, 3.63) is 29.8 Å². The summed E-state index contributed by atoms with van der Waals surface area (Å²) < 4.78 is 0.152. The lowest BCUT2D eigenvalue weighted by Gasteiger charge is -2.29. The van der Waals surface area contributed by atoms with Crippen molar-refractivity contribution in [2.45, 2.75) is 38.4 Å². The summed E-state index contributed by atoms with van der Waals surface area (Å²) in [6.07, 6.45) is 4.24. The molecule has 2 N–H and O–H groups in total. The molecule has 0 fully saturated rings. The topological polar surface area (TPSA) is 41.1 Å². The molecule has 1 aromatic carbocycles. The molecule has 4 heteroatoms. The molecule has 3 nitrogen and oxygen atoms in total. The Kier molecular flexibility index (Phi) is 6.93. The molecular weight excluding hydrogens is 268 g/mol. The molecule has 0 unspecified atom stereocenters. The van der Waals surface area contributed by atoms with Crippen molar-refractivity contribution in [1.29, 1.82) is 0 Å². The first-order valence-electron chi connectivity index (χ1n) is 7.28. The van der Waals surface area contributed by atoms with E-state index in [4.69, 9.17) is 0 Å². The van der Waals surface area contributed by atoms with Gasteiger partial charge in [-0.25, -0.2) is 0 Å². The Bertz CT molecular complexity index is 405. The van der Waals surface area contributed by atoms with Crippen LogP contribution in [0.15, 0.2) is 24.3 Å². The zero-order chi connectivity index (χ0) is 15.0. The van der Waals surface area contributed by atoms with Crippen LogP contribution in [-0.2, 0) is 0 Å². The molecule has 1 amide bonds. The maximum Gasteiger partial charge on any atom is 0.251 e. The van der Waals surface area contributed by atoms with E-state index >= 15 is 0 Å². The molecule has 20 heavy (non-hydrogen) atoms. The summed E-state index contributed by atoms with van der Waals surface area (Å²) in [6, 6.07) is 7.62. The van der Waals surface area contributed by atoms with Crippen LogP contribution in [0.5, 0.6) is 0 Å². The van der Waals surface area contributed by atoms with Crippen molar-refractivity contribution in [1.82, 2.24) is 5.32 Å². The van der Waals surface area contributed by atoms with E-state index in [1.165, 1.54) is 0 Å². The molecule has 0 aromatic heterocycles. The first-order chi connectivity index (χ1) is 9.60. The molecule has 0 spiro atoms. The Balaban J connectivity index is 2.62. The van der Waals surface area contributed by atoms with E-state index in [1.54, 1.807) is 0 Å². The Morgan fingerprint density at radius 1 is 1.15 bits per heavy atom. The lowest BCUT2D eigenvalue weighted by molar-refractivity contribution is 0.0949. The summed E-state index contributed by atoms with van der Waals surface area (Å²) in [6.45, 7) is 8.01. The molecule has 0 aliphatic rings. The van der Waals surface area contributed by atoms with Gasteiger partial charge in [-0.15, -0.1) is 0 Å². The molecule has 1 rings (SSSR count). The van der Waals surface area contributed by atoms with Crippen molar-refractivity contribution >= 4 is 23.4 Å². The van der Waals surface area contributed by atoms with Crippen LogP contribution in [0.1, 0.15) is 44.0 Å². The summed E-state index contributed by atoms with van der Waals surface area (Å²) in [5, 5.41) is 6.29. The van der Waals surface area contributed by atoms with Crippen LogP contribution < -0.4 is 10.6 Å². The van der Waals surface area contributed by atoms with Gasteiger partial charge in [0.25, 0.3) is 5.91 Å². The van der Waals surface area contributed by atoms with E-state index in [1.807, 2.05) is 36.0 Å². The van der Waals surface area contributed by atoms with E-state index in [0.717, 1.165) is 31.6 Å². The van der Waals surface area contributed by atoms with Crippen LogP contribution in [0.25, 0.3) is 0 Å². The smallest absolute Gasteiger partial charge is 0.251 e.